The van der Waals surface area contributed by atoms with Gasteiger partial charge < -0.3 is 16.0 Å². The fourth-order valence-electron chi connectivity index (χ4n) is 3.29. The Morgan fingerprint density at radius 3 is 2.52 bits per heavy atom. The number of nitrogen functional groups attached to an aromatic ring is 1. The Labute approximate surface area is 141 Å². The quantitative estimate of drug-likeness (QED) is 0.719. The minimum absolute atomic E-state index is 0.373. The summed E-state index contributed by atoms with van der Waals surface area (Å²) < 4.78 is 0. The van der Waals surface area contributed by atoms with Gasteiger partial charge in [-0.3, -0.25) is 0 Å². The predicted molar refractivity (Wildman–Crippen MR) is 97.8 cm³/mol. The Hall–Kier alpha value is -1.36. The first kappa shape index (κ1) is 18.0. The van der Waals surface area contributed by atoms with Crippen LogP contribution in [0.3, 0.4) is 0 Å². The number of aryl methyl sites for hydroxylation is 1. The Morgan fingerprint density at radius 2 is 1.83 bits per heavy atom. The van der Waals surface area contributed by atoms with E-state index < -0.39 is 0 Å². The Kier molecular flexibility index (Phi) is 7.59. The fraction of sp³-hybridized carbons (Fsp3) is 0.778. The van der Waals surface area contributed by atoms with Crippen molar-refractivity contribution in [3.8, 4) is 0 Å². The van der Waals surface area contributed by atoms with E-state index in [0.717, 1.165) is 37.3 Å². The van der Waals surface area contributed by atoms with Crippen molar-refractivity contribution < 1.29 is 0 Å². The second-order valence-corrected chi connectivity index (χ2v) is 6.63. The summed E-state index contributed by atoms with van der Waals surface area (Å²) in [5.74, 6) is 1.32. The SMILES string of the molecule is CCCCNc1nc(N)nc(C)c1CCCN1CCCCCC1. The van der Waals surface area contributed by atoms with Gasteiger partial charge >= 0.3 is 0 Å². The summed E-state index contributed by atoms with van der Waals surface area (Å²) in [7, 11) is 0. The van der Waals surface area contributed by atoms with Crippen LogP contribution in [0, 0.1) is 6.92 Å². The molecule has 0 amide bonds. The van der Waals surface area contributed by atoms with E-state index in [2.05, 4.69) is 27.1 Å². The zero-order valence-electron chi connectivity index (χ0n) is 14.9. The zero-order valence-corrected chi connectivity index (χ0v) is 14.9. The molecule has 0 saturated carbocycles. The second kappa shape index (κ2) is 9.71. The molecule has 0 unspecified atom stereocenters. The highest BCUT2D eigenvalue weighted by Crippen LogP contribution is 2.20. The van der Waals surface area contributed by atoms with Gasteiger partial charge in [-0.15, -0.1) is 0 Å². The first-order valence-electron chi connectivity index (χ1n) is 9.30. The summed E-state index contributed by atoms with van der Waals surface area (Å²) in [5.41, 5.74) is 8.09. The largest absolute Gasteiger partial charge is 0.370 e. The molecule has 0 bridgehead atoms. The van der Waals surface area contributed by atoms with Crippen LogP contribution < -0.4 is 11.1 Å². The molecule has 5 heteroatoms. The molecular weight excluding hydrogens is 286 g/mol. The maximum absolute atomic E-state index is 5.83. The van der Waals surface area contributed by atoms with Crippen LogP contribution in [0.4, 0.5) is 11.8 Å². The normalized spacial score (nSPS) is 16.3. The van der Waals surface area contributed by atoms with Crippen molar-refractivity contribution >= 4 is 11.8 Å². The van der Waals surface area contributed by atoms with Crippen LogP contribution in [0.25, 0.3) is 0 Å². The highest BCUT2D eigenvalue weighted by atomic mass is 15.1. The molecule has 1 aliphatic heterocycles. The molecule has 2 heterocycles. The van der Waals surface area contributed by atoms with Crippen LogP contribution in [0.5, 0.6) is 0 Å². The smallest absolute Gasteiger partial charge is 0.222 e. The van der Waals surface area contributed by atoms with Crippen molar-refractivity contribution in [1.82, 2.24) is 14.9 Å². The molecular formula is C18H33N5. The third-order valence-corrected chi connectivity index (χ3v) is 4.65. The Morgan fingerprint density at radius 1 is 1.09 bits per heavy atom. The molecule has 1 saturated heterocycles. The molecule has 0 spiro atoms. The molecule has 1 aromatic rings. The summed E-state index contributed by atoms with van der Waals surface area (Å²) >= 11 is 0. The van der Waals surface area contributed by atoms with Crippen LogP contribution in [0.1, 0.15) is 63.1 Å². The number of aromatic nitrogens is 2. The van der Waals surface area contributed by atoms with E-state index in [9.17, 15) is 0 Å². The van der Waals surface area contributed by atoms with Gasteiger partial charge in [0.05, 0.1) is 0 Å². The third-order valence-electron chi connectivity index (χ3n) is 4.65. The molecule has 2 rings (SSSR count). The Bertz CT molecular complexity index is 467. The monoisotopic (exact) mass is 319 g/mol. The minimum Gasteiger partial charge on any atom is -0.370 e. The first-order chi connectivity index (χ1) is 11.2. The van der Waals surface area contributed by atoms with Gasteiger partial charge in [0.1, 0.15) is 5.82 Å². The van der Waals surface area contributed by atoms with E-state index in [0.29, 0.717) is 5.95 Å². The third kappa shape index (κ3) is 5.98. The average Bonchev–Trinajstić information content (AvgIpc) is 2.78. The Balaban J connectivity index is 1.91. The molecule has 5 nitrogen and oxygen atoms in total. The van der Waals surface area contributed by atoms with E-state index in [1.807, 2.05) is 6.92 Å². The molecule has 23 heavy (non-hydrogen) atoms. The molecule has 0 aromatic carbocycles. The minimum atomic E-state index is 0.373. The number of unbranched alkanes of at least 4 members (excludes halogenated alkanes) is 1. The van der Waals surface area contributed by atoms with Gasteiger partial charge in [0, 0.05) is 17.8 Å². The maximum Gasteiger partial charge on any atom is 0.222 e. The number of hydrogen-bond acceptors (Lipinski definition) is 5. The van der Waals surface area contributed by atoms with Crippen molar-refractivity contribution in [1.29, 1.82) is 0 Å². The van der Waals surface area contributed by atoms with Crippen molar-refractivity contribution in [3.63, 3.8) is 0 Å². The van der Waals surface area contributed by atoms with E-state index in [4.69, 9.17) is 5.73 Å². The van der Waals surface area contributed by atoms with Crippen LogP contribution in [0.2, 0.25) is 0 Å². The predicted octanol–water partition coefficient (Wildman–Crippen LogP) is 3.39. The molecule has 1 aromatic heterocycles. The van der Waals surface area contributed by atoms with Crippen LogP contribution >= 0.6 is 0 Å². The number of likely N-dealkylation sites (tertiary alicyclic amines) is 1. The first-order valence-corrected chi connectivity index (χ1v) is 9.30. The lowest BCUT2D eigenvalue weighted by Gasteiger charge is -2.20. The second-order valence-electron chi connectivity index (χ2n) is 6.63. The summed E-state index contributed by atoms with van der Waals surface area (Å²) in [6.07, 6.45) is 10.0. The average molecular weight is 319 g/mol. The molecule has 1 fully saturated rings. The highest BCUT2D eigenvalue weighted by molar-refractivity contribution is 5.49. The number of nitrogens with one attached hydrogen (secondary N) is 1. The molecule has 0 atom stereocenters. The van der Waals surface area contributed by atoms with Crippen molar-refractivity contribution in [2.24, 2.45) is 0 Å². The van der Waals surface area contributed by atoms with Crippen molar-refractivity contribution in [2.45, 2.75) is 65.2 Å². The van der Waals surface area contributed by atoms with Gasteiger partial charge in [0.15, 0.2) is 0 Å². The molecule has 3 N–H and O–H groups in total. The van der Waals surface area contributed by atoms with Gasteiger partial charge in [-0.2, -0.15) is 4.98 Å². The molecule has 0 radical (unpaired) electrons. The highest BCUT2D eigenvalue weighted by Gasteiger charge is 2.12. The maximum atomic E-state index is 5.83. The number of anilines is 2. The fourth-order valence-corrected chi connectivity index (χ4v) is 3.29. The van der Waals surface area contributed by atoms with E-state index in [-0.39, 0.29) is 0 Å². The molecule has 1 aliphatic rings. The van der Waals surface area contributed by atoms with Gasteiger partial charge in [-0.1, -0.05) is 26.2 Å². The lowest BCUT2D eigenvalue weighted by atomic mass is 10.1. The van der Waals surface area contributed by atoms with Gasteiger partial charge in [-0.25, -0.2) is 4.98 Å². The number of rotatable bonds is 8. The van der Waals surface area contributed by atoms with Gasteiger partial charge in [-0.05, 0) is 58.7 Å². The summed E-state index contributed by atoms with van der Waals surface area (Å²) in [4.78, 5) is 11.4. The van der Waals surface area contributed by atoms with E-state index in [1.54, 1.807) is 0 Å². The standard InChI is InChI=1S/C18H33N5/c1-3-4-11-20-17-16(15(2)21-18(19)22-17)10-9-14-23-12-7-5-6-8-13-23/h3-14H2,1-2H3,(H3,19,20,21,22). The summed E-state index contributed by atoms with van der Waals surface area (Å²) in [6.45, 7) is 8.90. The van der Waals surface area contributed by atoms with Crippen LogP contribution in [-0.2, 0) is 6.42 Å². The lowest BCUT2D eigenvalue weighted by molar-refractivity contribution is 0.281. The van der Waals surface area contributed by atoms with E-state index >= 15 is 0 Å². The van der Waals surface area contributed by atoms with Gasteiger partial charge in [0.25, 0.3) is 0 Å². The van der Waals surface area contributed by atoms with Crippen molar-refractivity contribution in [3.05, 3.63) is 11.3 Å². The molecule has 0 aliphatic carbocycles. The zero-order chi connectivity index (χ0) is 16.5. The summed E-state index contributed by atoms with van der Waals surface area (Å²) in [6, 6.07) is 0. The summed E-state index contributed by atoms with van der Waals surface area (Å²) in [5, 5.41) is 3.45. The van der Waals surface area contributed by atoms with E-state index in [1.165, 1.54) is 57.3 Å². The van der Waals surface area contributed by atoms with Gasteiger partial charge in [0.2, 0.25) is 5.95 Å². The molecule has 130 valence electrons. The number of nitrogens with zero attached hydrogens (tertiary/aromatic N) is 3. The number of nitrogens with two attached hydrogens (primary N) is 1. The van der Waals surface area contributed by atoms with Crippen LogP contribution in [-0.4, -0.2) is 41.0 Å². The lowest BCUT2D eigenvalue weighted by Crippen LogP contribution is -2.26. The topological polar surface area (TPSA) is 67.1 Å². The number of hydrogen-bond donors (Lipinski definition) is 2. The van der Waals surface area contributed by atoms with Crippen molar-refractivity contribution in [2.75, 3.05) is 37.2 Å². The van der Waals surface area contributed by atoms with Crippen LogP contribution in [0.15, 0.2) is 0 Å².